The third-order valence-electron chi connectivity index (χ3n) is 4.31. The van der Waals surface area contributed by atoms with Crippen molar-refractivity contribution in [2.75, 3.05) is 44.9 Å². The molecule has 150 valence electrons. The Bertz CT molecular complexity index is 694. The van der Waals surface area contributed by atoms with Crippen LogP contribution >= 0.6 is 7.75 Å². The molecule has 2 atom stereocenters. The largest absolute Gasteiger partial charge is 0.469 e. The Hall–Kier alpha value is -1.00. The number of ether oxygens (including phenoxy) is 1. The van der Waals surface area contributed by atoms with Gasteiger partial charge in [0.05, 0.1) is 31.6 Å². The second-order valence-electron chi connectivity index (χ2n) is 6.94. The molecule has 0 aliphatic carbocycles. The highest BCUT2D eigenvalue weighted by atomic mass is 32.2. The lowest BCUT2D eigenvalue weighted by Gasteiger charge is -2.43. The van der Waals surface area contributed by atoms with Crippen LogP contribution in [0.15, 0.2) is 0 Å². The van der Waals surface area contributed by atoms with Gasteiger partial charge in [-0.25, -0.2) is 17.7 Å². The van der Waals surface area contributed by atoms with Gasteiger partial charge in [0.15, 0.2) is 15.9 Å². The standard InChI is InChI=1S/C14H25N2O8PS/c1-14(2)10-23-25(19,16-6-8-26(20,21)9-7-16)24-12(14)13(18)15-5-4-11(17)22-3/h12H,4-10H2,1-3H3,(H,15,18)/t12-,25-/m0/s1. The van der Waals surface area contributed by atoms with E-state index < -0.39 is 41.0 Å². The zero-order valence-electron chi connectivity index (χ0n) is 15.1. The molecule has 2 saturated heterocycles. The molecule has 0 aromatic heterocycles. The van der Waals surface area contributed by atoms with Crippen molar-refractivity contribution in [1.82, 2.24) is 9.99 Å². The summed E-state index contributed by atoms with van der Waals surface area (Å²) in [4.78, 5) is 23.6. The molecule has 0 spiro atoms. The SMILES string of the molecule is COC(=O)CCNC(=O)[C@@H]1O[P@](=O)(N2CCS(=O)(=O)CC2)OCC1(C)C. The fourth-order valence-corrected chi connectivity index (χ4v) is 6.27. The molecule has 0 aromatic rings. The van der Waals surface area contributed by atoms with E-state index in [4.69, 9.17) is 9.05 Å². The minimum absolute atomic E-state index is 0.00747. The Balaban J connectivity index is 2.04. The van der Waals surface area contributed by atoms with Crippen molar-refractivity contribution in [2.24, 2.45) is 5.41 Å². The summed E-state index contributed by atoms with van der Waals surface area (Å²) in [6.45, 7) is 3.61. The molecule has 10 nitrogen and oxygen atoms in total. The number of carbonyl (C=O) groups is 2. The first-order chi connectivity index (χ1) is 12.0. The summed E-state index contributed by atoms with van der Waals surface area (Å²) in [6.07, 6.45) is -1.05. The van der Waals surface area contributed by atoms with Crippen LogP contribution in [0.1, 0.15) is 20.3 Å². The Labute approximate surface area is 153 Å². The molecule has 1 amide bonds. The van der Waals surface area contributed by atoms with Gasteiger partial charge in [0, 0.05) is 25.0 Å². The van der Waals surface area contributed by atoms with E-state index in [1.54, 1.807) is 13.8 Å². The zero-order valence-corrected chi connectivity index (χ0v) is 16.8. The number of methoxy groups -OCH3 is 1. The second kappa shape index (κ2) is 7.93. The van der Waals surface area contributed by atoms with Crippen molar-refractivity contribution in [3.05, 3.63) is 0 Å². The summed E-state index contributed by atoms with van der Waals surface area (Å²) in [5, 5.41) is 2.57. The van der Waals surface area contributed by atoms with Crippen molar-refractivity contribution in [2.45, 2.75) is 26.4 Å². The predicted octanol–water partition coefficient (Wildman–Crippen LogP) is -0.0542. The average Bonchev–Trinajstić information content (AvgIpc) is 2.56. The summed E-state index contributed by atoms with van der Waals surface area (Å²) in [5.41, 5.74) is -0.745. The molecule has 2 aliphatic heterocycles. The Morgan fingerprint density at radius 3 is 2.50 bits per heavy atom. The number of amides is 1. The minimum Gasteiger partial charge on any atom is -0.469 e. The average molecular weight is 412 g/mol. The predicted molar refractivity (Wildman–Crippen MR) is 92.1 cm³/mol. The van der Waals surface area contributed by atoms with Crippen molar-refractivity contribution < 1.29 is 36.4 Å². The molecule has 2 fully saturated rings. The van der Waals surface area contributed by atoms with E-state index in [0.717, 1.165) is 0 Å². The van der Waals surface area contributed by atoms with Gasteiger partial charge in [-0.2, -0.15) is 0 Å². The van der Waals surface area contributed by atoms with Gasteiger partial charge in [0.1, 0.15) is 0 Å². The highest BCUT2D eigenvalue weighted by molar-refractivity contribution is 7.91. The quantitative estimate of drug-likeness (QED) is 0.488. The maximum absolute atomic E-state index is 13.1. The van der Waals surface area contributed by atoms with Gasteiger partial charge in [-0.3, -0.25) is 18.6 Å². The van der Waals surface area contributed by atoms with Gasteiger partial charge in [0.2, 0.25) is 5.91 Å². The maximum atomic E-state index is 13.1. The van der Waals surface area contributed by atoms with Gasteiger partial charge < -0.3 is 10.1 Å². The molecule has 26 heavy (non-hydrogen) atoms. The number of nitrogens with zero attached hydrogens (tertiary/aromatic N) is 1. The molecule has 0 radical (unpaired) electrons. The Morgan fingerprint density at radius 1 is 1.31 bits per heavy atom. The number of esters is 1. The lowest BCUT2D eigenvalue weighted by molar-refractivity contribution is -0.142. The second-order valence-corrected chi connectivity index (χ2v) is 11.2. The van der Waals surface area contributed by atoms with Crippen LogP contribution in [-0.2, 0) is 37.8 Å². The first-order valence-electron chi connectivity index (χ1n) is 8.22. The molecule has 0 aromatic carbocycles. The van der Waals surface area contributed by atoms with Gasteiger partial charge in [-0.1, -0.05) is 13.8 Å². The molecule has 0 unspecified atom stereocenters. The van der Waals surface area contributed by atoms with E-state index >= 15 is 0 Å². The first kappa shape index (κ1) is 21.3. The van der Waals surface area contributed by atoms with E-state index in [1.807, 2.05) is 0 Å². The fourth-order valence-electron chi connectivity index (χ4n) is 2.61. The molecule has 0 bridgehead atoms. The van der Waals surface area contributed by atoms with Crippen LogP contribution in [-0.4, -0.2) is 75.9 Å². The Morgan fingerprint density at radius 2 is 1.92 bits per heavy atom. The van der Waals surface area contributed by atoms with Crippen LogP contribution in [0, 0.1) is 5.41 Å². The van der Waals surface area contributed by atoms with Crippen LogP contribution in [0.5, 0.6) is 0 Å². The van der Waals surface area contributed by atoms with Crippen LogP contribution in [0.2, 0.25) is 0 Å². The minimum atomic E-state index is -3.78. The lowest BCUT2D eigenvalue weighted by Crippen LogP contribution is -2.52. The molecule has 2 rings (SSSR count). The summed E-state index contributed by atoms with van der Waals surface area (Å²) in [7, 11) is -5.68. The Kier molecular flexibility index (Phi) is 6.50. The summed E-state index contributed by atoms with van der Waals surface area (Å²) >= 11 is 0. The van der Waals surface area contributed by atoms with Gasteiger partial charge in [0.25, 0.3) is 0 Å². The van der Waals surface area contributed by atoms with E-state index in [1.165, 1.54) is 11.8 Å². The van der Waals surface area contributed by atoms with E-state index in [2.05, 4.69) is 10.1 Å². The third-order valence-corrected chi connectivity index (χ3v) is 7.94. The third kappa shape index (κ3) is 5.04. The van der Waals surface area contributed by atoms with Crippen molar-refractivity contribution >= 4 is 29.5 Å². The van der Waals surface area contributed by atoms with Crippen LogP contribution in [0.3, 0.4) is 0 Å². The number of rotatable bonds is 5. The number of carbonyl (C=O) groups excluding carboxylic acids is 2. The monoisotopic (exact) mass is 412 g/mol. The van der Waals surface area contributed by atoms with Gasteiger partial charge >= 0.3 is 13.7 Å². The number of hydrogen-bond donors (Lipinski definition) is 1. The van der Waals surface area contributed by atoms with Crippen LogP contribution in [0.25, 0.3) is 0 Å². The van der Waals surface area contributed by atoms with Crippen LogP contribution in [0.4, 0.5) is 0 Å². The van der Waals surface area contributed by atoms with Crippen LogP contribution < -0.4 is 5.32 Å². The fraction of sp³-hybridized carbons (Fsp3) is 0.857. The van der Waals surface area contributed by atoms with Crippen molar-refractivity contribution in [3.63, 3.8) is 0 Å². The molecule has 12 heteroatoms. The highest BCUT2D eigenvalue weighted by Crippen LogP contribution is 2.59. The van der Waals surface area contributed by atoms with Crippen molar-refractivity contribution in [1.29, 1.82) is 0 Å². The molecular formula is C14H25N2O8PS. The molecule has 1 N–H and O–H groups in total. The molecule has 2 heterocycles. The number of hydrogen-bond acceptors (Lipinski definition) is 8. The molecule has 0 saturated carbocycles. The zero-order chi connectivity index (χ0) is 19.6. The smallest absolute Gasteiger partial charge is 0.409 e. The topological polar surface area (TPSA) is 128 Å². The van der Waals surface area contributed by atoms with Crippen molar-refractivity contribution in [3.8, 4) is 0 Å². The summed E-state index contributed by atoms with van der Waals surface area (Å²) in [6, 6.07) is 0. The van der Waals surface area contributed by atoms with E-state index in [9.17, 15) is 22.6 Å². The van der Waals surface area contributed by atoms with E-state index in [0.29, 0.717) is 0 Å². The molecule has 2 aliphatic rings. The van der Waals surface area contributed by atoms with Gasteiger partial charge in [-0.15, -0.1) is 0 Å². The normalized spacial score (nSPS) is 31.1. The summed E-state index contributed by atoms with van der Waals surface area (Å²) < 4.78 is 53.1. The summed E-state index contributed by atoms with van der Waals surface area (Å²) in [5.74, 6) is -1.24. The number of sulfone groups is 1. The van der Waals surface area contributed by atoms with Gasteiger partial charge in [-0.05, 0) is 0 Å². The number of nitrogens with one attached hydrogen (secondary N) is 1. The lowest BCUT2D eigenvalue weighted by atomic mass is 9.87. The highest BCUT2D eigenvalue weighted by Gasteiger charge is 2.51. The maximum Gasteiger partial charge on any atom is 0.409 e. The first-order valence-corrected chi connectivity index (χ1v) is 11.5. The molecular weight excluding hydrogens is 387 g/mol. The van der Waals surface area contributed by atoms with E-state index in [-0.39, 0.29) is 44.2 Å².